The Morgan fingerprint density at radius 3 is 2.78 bits per heavy atom. The van der Waals surface area contributed by atoms with E-state index in [0.717, 1.165) is 16.7 Å². The van der Waals surface area contributed by atoms with Crippen LogP contribution in [0.5, 0.6) is 5.75 Å². The molecule has 3 rings (SSSR count). The fourth-order valence-corrected chi connectivity index (χ4v) is 2.86. The van der Waals surface area contributed by atoms with Gasteiger partial charge in [-0.3, -0.25) is 0 Å². The van der Waals surface area contributed by atoms with Crippen molar-refractivity contribution in [1.82, 2.24) is 4.98 Å². The SMILES string of the molecule is COC(=O)c1ccc2c(c1)C(c1cc(Cl)ncc1Cl)=CC(C)O2. The lowest BCUT2D eigenvalue weighted by Gasteiger charge is -2.24. The fraction of sp³-hybridized carbons (Fsp3) is 0.176. The van der Waals surface area contributed by atoms with Crippen LogP contribution in [0.25, 0.3) is 5.57 Å². The van der Waals surface area contributed by atoms with Crippen LogP contribution in [0.2, 0.25) is 10.2 Å². The summed E-state index contributed by atoms with van der Waals surface area (Å²) in [6.07, 6.45) is 3.30. The minimum atomic E-state index is -0.412. The van der Waals surface area contributed by atoms with Gasteiger partial charge in [0.1, 0.15) is 17.0 Å². The van der Waals surface area contributed by atoms with E-state index in [9.17, 15) is 4.79 Å². The number of hydrogen-bond donors (Lipinski definition) is 0. The molecule has 23 heavy (non-hydrogen) atoms. The van der Waals surface area contributed by atoms with Crippen LogP contribution in [-0.2, 0) is 4.74 Å². The Kier molecular flexibility index (Phi) is 4.28. The van der Waals surface area contributed by atoms with Crippen molar-refractivity contribution >= 4 is 34.7 Å². The normalized spacial score (nSPS) is 16.2. The third kappa shape index (κ3) is 3.05. The Morgan fingerprint density at radius 1 is 1.26 bits per heavy atom. The van der Waals surface area contributed by atoms with Crippen molar-refractivity contribution in [3.8, 4) is 5.75 Å². The molecule has 0 saturated carbocycles. The van der Waals surface area contributed by atoms with Crippen LogP contribution < -0.4 is 4.74 Å². The quantitative estimate of drug-likeness (QED) is 0.595. The van der Waals surface area contributed by atoms with Crippen LogP contribution in [0.1, 0.15) is 28.4 Å². The lowest BCUT2D eigenvalue weighted by Crippen LogP contribution is -2.16. The molecule has 118 valence electrons. The lowest BCUT2D eigenvalue weighted by molar-refractivity contribution is 0.0600. The maximum Gasteiger partial charge on any atom is 0.337 e. The van der Waals surface area contributed by atoms with Gasteiger partial charge < -0.3 is 9.47 Å². The second kappa shape index (κ2) is 6.22. The van der Waals surface area contributed by atoms with Gasteiger partial charge in [0.2, 0.25) is 0 Å². The molecule has 2 heterocycles. The molecular formula is C17H13Cl2NO3. The van der Waals surface area contributed by atoms with Gasteiger partial charge in [0.25, 0.3) is 0 Å². The zero-order chi connectivity index (χ0) is 16.6. The standard InChI is InChI=1S/C17H13Cl2NO3/c1-9-5-11(12-7-16(19)20-8-14(12)18)13-6-10(17(21)22-2)3-4-15(13)23-9/h3-9H,1-2H3. The van der Waals surface area contributed by atoms with E-state index in [0.29, 0.717) is 21.5 Å². The highest BCUT2D eigenvalue weighted by Gasteiger charge is 2.23. The monoisotopic (exact) mass is 349 g/mol. The highest BCUT2D eigenvalue weighted by atomic mass is 35.5. The van der Waals surface area contributed by atoms with Crippen LogP contribution in [0.4, 0.5) is 0 Å². The molecule has 0 aliphatic carbocycles. The van der Waals surface area contributed by atoms with E-state index in [-0.39, 0.29) is 6.10 Å². The van der Waals surface area contributed by atoms with E-state index in [2.05, 4.69) is 4.98 Å². The van der Waals surface area contributed by atoms with Crippen molar-refractivity contribution in [3.63, 3.8) is 0 Å². The molecule has 1 aliphatic rings. The van der Waals surface area contributed by atoms with Crippen molar-refractivity contribution in [2.45, 2.75) is 13.0 Å². The summed E-state index contributed by atoms with van der Waals surface area (Å²) in [6.45, 7) is 1.92. The minimum absolute atomic E-state index is 0.135. The molecule has 1 aromatic carbocycles. The molecular weight excluding hydrogens is 337 g/mol. The van der Waals surface area contributed by atoms with E-state index >= 15 is 0 Å². The molecule has 0 fully saturated rings. The maximum atomic E-state index is 11.8. The van der Waals surface area contributed by atoms with Crippen molar-refractivity contribution in [3.05, 3.63) is 63.4 Å². The van der Waals surface area contributed by atoms with Gasteiger partial charge in [-0.05, 0) is 42.8 Å². The summed E-state index contributed by atoms with van der Waals surface area (Å²) >= 11 is 12.3. The van der Waals surface area contributed by atoms with Crippen molar-refractivity contribution in [2.75, 3.05) is 7.11 Å². The van der Waals surface area contributed by atoms with Gasteiger partial charge in [0, 0.05) is 17.3 Å². The molecule has 0 bridgehead atoms. The first kappa shape index (κ1) is 15.8. The first-order valence-electron chi connectivity index (χ1n) is 6.92. The van der Waals surface area contributed by atoms with Gasteiger partial charge in [-0.2, -0.15) is 0 Å². The van der Waals surface area contributed by atoms with E-state index in [1.807, 2.05) is 13.0 Å². The average Bonchev–Trinajstić information content (AvgIpc) is 2.55. The summed E-state index contributed by atoms with van der Waals surface area (Å²) in [4.78, 5) is 15.8. The van der Waals surface area contributed by atoms with Gasteiger partial charge in [-0.1, -0.05) is 23.2 Å². The van der Waals surface area contributed by atoms with Crippen molar-refractivity contribution in [2.24, 2.45) is 0 Å². The van der Waals surface area contributed by atoms with Crippen LogP contribution in [0.15, 0.2) is 36.5 Å². The van der Waals surface area contributed by atoms with Gasteiger partial charge in [0.15, 0.2) is 0 Å². The molecule has 0 spiro atoms. The number of ether oxygens (including phenoxy) is 2. The fourth-order valence-electron chi connectivity index (χ4n) is 2.50. The molecule has 0 amide bonds. The van der Waals surface area contributed by atoms with Gasteiger partial charge in [-0.25, -0.2) is 9.78 Å². The highest BCUT2D eigenvalue weighted by molar-refractivity contribution is 6.34. The Bertz CT molecular complexity index is 817. The summed E-state index contributed by atoms with van der Waals surface area (Å²) in [5.74, 6) is 0.260. The zero-order valence-electron chi connectivity index (χ0n) is 12.5. The third-order valence-corrected chi connectivity index (χ3v) is 4.03. The molecule has 0 N–H and O–H groups in total. The number of carbonyl (C=O) groups is 1. The summed E-state index contributed by atoms with van der Waals surface area (Å²) < 4.78 is 10.6. The van der Waals surface area contributed by atoms with Crippen molar-refractivity contribution < 1.29 is 14.3 Å². The lowest BCUT2D eigenvalue weighted by atomic mass is 9.93. The highest BCUT2D eigenvalue weighted by Crippen LogP contribution is 2.39. The van der Waals surface area contributed by atoms with E-state index in [1.165, 1.54) is 13.3 Å². The summed E-state index contributed by atoms with van der Waals surface area (Å²) in [7, 11) is 1.34. The second-order valence-corrected chi connectivity index (χ2v) is 5.89. The predicted octanol–water partition coefficient (Wildman–Crippen LogP) is 4.39. The first-order chi connectivity index (χ1) is 11.0. The van der Waals surface area contributed by atoms with E-state index in [1.54, 1.807) is 24.3 Å². The second-order valence-electron chi connectivity index (χ2n) is 5.09. The molecule has 0 saturated heterocycles. The number of rotatable bonds is 2. The molecule has 1 aromatic heterocycles. The summed E-state index contributed by atoms with van der Waals surface area (Å²) in [5.41, 5.74) is 2.78. The number of fused-ring (bicyclic) bond motifs is 1. The first-order valence-corrected chi connectivity index (χ1v) is 7.68. The van der Waals surface area contributed by atoms with Gasteiger partial charge >= 0.3 is 5.97 Å². The van der Waals surface area contributed by atoms with Gasteiger partial charge in [-0.15, -0.1) is 0 Å². The third-order valence-electron chi connectivity index (χ3n) is 3.52. The topological polar surface area (TPSA) is 48.4 Å². The number of benzene rings is 1. The molecule has 1 atom stereocenters. The number of carbonyl (C=O) groups excluding carboxylic acids is 1. The Labute approximate surface area is 143 Å². The Balaban J connectivity index is 2.18. The molecule has 0 radical (unpaired) electrons. The summed E-state index contributed by atoms with van der Waals surface area (Å²) in [5, 5.41) is 0.819. The van der Waals surface area contributed by atoms with Crippen LogP contribution >= 0.6 is 23.2 Å². The van der Waals surface area contributed by atoms with E-state index < -0.39 is 5.97 Å². The number of halogens is 2. The van der Waals surface area contributed by atoms with E-state index in [4.69, 9.17) is 32.7 Å². The molecule has 1 aliphatic heterocycles. The maximum absolute atomic E-state index is 11.8. The number of nitrogens with zero attached hydrogens (tertiary/aromatic N) is 1. The number of aromatic nitrogens is 1. The largest absolute Gasteiger partial charge is 0.486 e. The van der Waals surface area contributed by atoms with Crippen LogP contribution in [0.3, 0.4) is 0 Å². The molecule has 2 aromatic rings. The zero-order valence-corrected chi connectivity index (χ0v) is 14.0. The van der Waals surface area contributed by atoms with Crippen LogP contribution in [0, 0.1) is 0 Å². The number of hydrogen-bond acceptors (Lipinski definition) is 4. The average molecular weight is 350 g/mol. The molecule has 4 nitrogen and oxygen atoms in total. The molecule has 1 unspecified atom stereocenters. The molecule has 6 heteroatoms. The Hall–Kier alpha value is -2.04. The number of methoxy groups -OCH3 is 1. The number of pyridine rings is 1. The number of esters is 1. The van der Waals surface area contributed by atoms with Crippen molar-refractivity contribution in [1.29, 1.82) is 0 Å². The minimum Gasteiger partial charge on any atom is -0.486 e. The smallest absolute Gasteiger partial charge is 0.337 e. The summed E-state index contributed by atoms with van der Waals surface area (Å²) in [6, 6.07) is 6.84. The van der Waals surface area contributed by atoms with Gasteiger partial charge in [0.05, 0.1) is 17.7 Å². The predicted molar refractivity (Wildman–Crippen MR) is 89.2 cm³/mol. The Morgan fingerprint density at radius 2 is 2.04 bits per heavy atom. The van der Waals surface area contributed by atoms with Crippen LogP contribution in [-0.4, -0.2) is 24.2 Å².